The van der Waals surface area contributed by atoms with Crippen LogP contribution in [0.15, 0.2) is 47.4 Å². The fourth-order valence-corrected chi connectivity index (χ4v) is 4.81. The van der Waals surface area contributed by atoms with Crippen molar-refractivity contribution in [2.75, 3.05) is 12.8 Å². The van der Waals surface area contributed by atoms with Gasteiger partial charge in [-0.05, 0) is 61.4 Å². The van der Waals surface area contributed by atoms with Gasteiger partial charge < -0.3 is 15.6 Å². The molecule has 0 saturated carbocycles. The quantitative estimate of drug-likeness (QED) is 0.407. The third-order valence-electron chi connectivity index (χ3n) is 5.94. The summed E-state index contributed by atoms with van der Waals surface area (Å²) >= 11 is 7.72. The molecule has 168 valence electrons. The number of halogens is 1. The van der Waals surface area contributed by atoms with Gasteiger partial charge in [-0.3, -0.25) is 9.59 Å². The molecule has 1 aromatic heterocycles. The number of fused-ring (bicyclic) bond motifs is 1. The Labute approximate surface area is 196 Å². The standard InChI is InChI=1S/C24H27ClN4O2S/c1-32-18-5-2-16(3-6-18)15-24(12-9-23(31)29-24)11-8-22(30)26-13-10-21-27-19-7-4-17(25)14-20(19)28-21/h2-7,14H,8-13,15H2,1H3,(H,26,30)(H,27,28)(H,29,31)/t24-/m0/s1. The molecule has 0 bridgehead atoms. The normalized spacial score (nSPS) is 18.1. The summed E-state index contributed by atoms with van der Waals surface area (Å²) in [6.45, 7) is 0.502. The molecule has 2 amide bonds. The summed E-state index contributed by atoms with van der Waals surface area (Å²) in [7, 11) is 0. The molecule has 3 aromatic rings. The summed E-state index contributed by atoms with van der Waals surface area (Å²) in [6.07, 6.45) is 5.67. The van der Waals surface area contributed by atoms with E-state index in [2.05, 4.69) is 51.1 Å². The molecule has 0 aliphatic carbocycles. The zero-order valence-electron chi connectivity index (χ0n) is 18.0. The number of nitrogens with zero attached hydrogens (tertiary/aromatic N) is 1. The van der Waals surface area contributed by atoms with E-state index in [4.69, 9.17) is 11.6 Å². The zero-order chi connectivity index (χ0) is 22.6. The van der Waals surface area contributed by atoms with E-state index in [0.717, 1.165) is 29.7 Å². The number of imidazole rings is 1. The molecular weight excluding hydrogens is 444 g/mol. The van der Waals surface area contributed by atoms with E-state index in [9.17, 15) is 9.59 Å². The van der Waals surface area contributed by atoms with Crippen molar-refractivity contribution in [2.45, 2.75) is 49.0 Å². The van der Waals surface area contributed by atoms with E-state index in [1.165, 1.54) is 10.5 Å². The van der Waals surface area contributed by atoms with E-state index in [1.54, 1.807) is 11.8 Å². The fraction of sp³-hybridized carbons (Fsp3) is 0.375. The highest BCUT2D eigenvalue weighted by atomic mass is 35.5. The minimum atomic E-state index is -0.354. The molecule has 8 heteroatoms. The Morgan fingerprint density at radius 1 is 1.25 bits per heavy atom. The molecule has 1 atom stereocenters. The van der Waals surface area contributed by atoms with E-state index in [1.807, 2.05) is 18.2 Å². The molecule has 0 spiro atoms. The molecule has 6 nitrogen and oxygen atoms in total. The molecule has 0 radical (unpaired) electrons. The topological polar surface area (TPSA) is 86.9 Å². The van der Waals surface area contributed by atoms with Crippen molar-refractivity contribution in [2.24, 2.45) is 0 Å². The maximum Gasteiger partial charge on any atom is 0.220 e. The van der Waals surface area contributed by atoms with Crippen LogP contribution in [0.1, 0.15) is 37.1 Å². The van der Waals surface area contributed by atoms with Gasteiger partial charge in [0, 0.05) is 41.3 Å². The van der Waals surface area contributed by atoms with Gasteiger partial charge in [-0.2, -0.15) is 0 Å². The second-order valence-corrected chi connectivity index (χ2v) is 9.61. The highest BCUT2D eigenvalue weighted by Gasteiger charge is 2.37. The third kappa shape index (κ3) is 5.64. The molecular formula is C24H27ClN4O2S. The number of aromatic nitrogens is 2. The zero-order valence-corrected chi connectivity index (χ0v) is 19.6. The first-order valence-electron chi connectivity index (χ1n) is 10.8. The third-order valence-corrected chi connectivity index (χ3v) is 6.92. The van der Waals surface area contributed by atoms with Crippen LogP contribution in [-0.4, -0.2) is 40.1 Å². The maximum absolute atomic E-state index is 12.5. The van der Waals surface area contributed by atoms with Crippen LogP contribution >= 0.6 is 23.4 Å². The van der Waals surface area contributed by atoms with Crippen LogP contribution in [0, 0.1) is 0 Å². The van der Waals surface area contributed by atoms with Crippen molar-refractivity contribution in [1.29, 1.82) is 0 Å². The van der Waals surface area contributed by atoms with Gasteiger partial charge in [0.05, 0.1) is 11.0 Å². The van der Waals surface area contributed by atoms with Crippen molar-refractivity contribution in [3.05, 3.63) is 58.9 Å². The molecule has 3 N–H and O–H groups in total. The lowest BCUT2D eigenvalue weighted by atomic mass is 9.85. The number of nitrogens with one attached hydrogen (secondary N) is 3. The highest BCUT2D eigenvalue weighted by molar-refractivity contribution is 7.98. The first-order valence-corrected chi connectivity index (χ1v) is 12.4. The Kier molecular flexibility index (Phi) is 7.06. The number of amides is 2. The van der Waals surface area contributed by atoms with E-state index in [-0.39, 0.29) is 17.4 Å². The Morgan fingerprint density at radius 2 is 2.06 bits per heavy atom. The average Bonchev–Trinajstić information content (AvgIpc) is 3.35. The van der Waals surface area contributed by atoms with Gasteiger partial charge in [0.15, 0.2) is 0 Å². The number of thioether (sulfide) groups is 1. The number of hydrogen-bond donors (Lipinski definition) is 3. The van der Waals surface area contributed by atoms with Crippen molar-refractivity contribution >= 4 is 46.2 Å². The molecule has 1 aliphatic rings. The fourth-order valence-electron chi connectivity index (χ4n) is 4.23. The Bertz CT molecular complexity index is 1110. The van der Waals surface area contributed by atoms with Crippen LogP contribution < -0.4 is 10.6 Å². The van der Waals surface area contributed by atoms with Crippen LogP contribution in [-0.2, 0) is 22.4 Å². The van der Waals surface area contributed by atoms with Crippen LogP contribution in [0.5, 0.6) is 0 Å². The predicted molar refractivity (Wildman–Crippen MR) is 129 cm³/mol. The Morgan fingerprint density at radius 3 is 2.78 bits per heavy atom. The monoisotopic (exact) mass is 470 g/mol. The minimum absolute atomic E-state index is 0.0117. The molecule has 2 heterocycles. The predicted octanol–water partition coefficient (Wildman–Crippen LogP) is 4.27. The average molecular weight is 471 g/mol. The number of benzene rings is 2. The van der Waals surface area contributed by atoms with Gasteiger partial charge in [0.25, 0.3) is 0 Å². The van der Waals surface area contributed by atoms with Crippen molar-refractivity contribution in [1.82, 2.24) is 20.6 Å². The van der Waals surface area contributed by atoms with Gasteiger partial charge in [0.2, 0.25) is 11.8 Å². The lowest BCUT2D eigenvalue weighted by Gasteiger charge is -2.29. The van der Waals surface area contributed by atoms with E-state index < -0.39 is 0 Å². The second-order valence-electron chi connectivity index (χ2n) is 8.30. The van der Waals surface area contributed by atoms with Gasteiger partial charge >= 0.3 is 0 Å². The van der Waals surface area contributed by atoms with Crippen LogP contribution in [0.25, 0.3) is 11.0 Å². The molecule has 0 unspecified atom stereocenters. The van der Waals surface area contributed by atoms with Gasteiger partial charge in [0.1, 0.15) is 5.82 Å². The molecule has 1 aliphatic heterocycles. The van der Waals surface area contributed by atoms with Crippen LogP contribution in [0.2, 0.25) is 5.02 Å². The number of carbonyl (C=O) groups excluding carboxylic acids is 2. The smallest absolute Gasteiger partial charge is 0.220 e. The molecule has 1 saturated heterocycles. The lowest BCUT2D eigenvalue weighted by molar-refractivity contribution is -0.122. The SMILES string of the molecule is CSc1ccc(C[C@]2(CCC(=O)NCCc3nc4ccc(Cl)cc4[nH]3)CCC(=O)N2)cc1. The summed E-state index contributed by atoms with van der Waals surface area (Å²) in [5.41, 5.74) is 2.58. The van der Waals surface area contributed by atoms with Crippen molar-refractivity contribution in [3.8, 4) is 0 Å². The largest absolute Gasteiger partial charge is 0.356 e. The highest BCUT2D eigenvalue weighted by Crippen LogP contribution is 2.30. The number of rotatable bonds is 9. The van der Waals surface area contributed by atoms with E-state index in [0.29, 0.717) is 37.3 Å². The Hall–Kier alpha value is -2.51. The van der Waals surface area contributed by atoms with Gasteiger partial charge in [-0.1, -0.05) is 23.7 Å². The van der Waals surface area contributed by atoms with Crippen molar-refractivity contribution < 1.29 is 9.59 Å². The van der Waals surface area contributed by atoms with Crippen LogP contribution in [0.4, 0.5) is 0 Å². The maximum atomic E-state index is 12.5. The summed E-state index contributed by atoms with van der Waals surface area (Å²) in [6, 6.07) is 13.9. The second kappa shape index (κ2) is 9.96. The Balaban J connectivity index is 1.29. The number of H-pyrrole nitrogens is 1. The molecule has 2 aromatic carbocycles. The first kappa shape index (κ1) is 22.7. The number of aromatic amines is 1. The molecule has 4 rings (SSSR count). The molecule has 32 heavy (non-hydrogen) atoms. The lowest BCUT2D eigenvalue weighted by Crippen LogP contribution is -2.44. The summed E-state index contributed by atoms with van der Waals surface area (Å²) in [5.74, 6) is 0.870. The first-order chi connectivity index (χ1) is 15.4. The van der Waals surface area contributed by atoms with Gasteiger partial charge in [-0.25, -0.2) is 4.98 Å². The summed E-state index contributed by atoms with van der Waals surface area (Å²) in [4.78, 5) is 33.5. The van der Waals surface area contributed by atoms with Crippen molar-refractivity contribution in [3.63, 3.8) is 0 Å². The number of hydrogen-bond acceptors (Lipinski definition) is 4. The van der Waals surface area contributed by atoms with Gasteiger partial charge in [-0.15, -0.1) is 11.8 Å². The summed E-state index contributed by atoms with van der Waals surface area (Å²) in [5, 5.41) is 6.79. The minimum Gasteiger partial charge on any atom is -0.356 e. The summed E-state index contributed by atoms with van der Waals surface area (Å²) < 4.78 is 0. The number of carbonyl (C=O) groups is 2. The molecule has 1 fully saturated rings. The van der Waals surface area contributed by atoms with E-state index >= 15 is 0 Å². The van der Waals surface area contributed by atoms with Crippen LogP contribution in [0.3, 0.4) is 0 Å².